The number of nitrogens with zero attached hydrogens (tertiary/aromatic N) is 1. The van der Waals surface area contributed by atoms with E-state index in [1.807, 2.05) is 6.07 Å². The van der Waals surface area contributed by atoms with Gasteiger partial charge < -0.3 is 14.8 Å². The van der Waals surface area contributed by atoms with Crippen molar-refractivity contribution in [2.24, 2.45) is 0 Å². The standard InChI is InChI=1S/C13H11BrN2O4/c1-19-12(17)6-11(13(18)20-2)16-10-5-9(14)4-3-8(10)7-15/h3-6,16H,1-2H3/b11-6+. The second-order valence-corrected chi connectivity index (χ2v) is 4.42. The summed E-state index contributed by atoms with van der Waals surface area (Å²) in [7, 11) is 2.37. The summed E-state index contributed by atoms with van der Waals surface area (Å²) in [5.41, 5.74) is 0.546. The molecule has 0 aliphatic heterocycles. The van der Waals surface area contributed by atoms with Crippen LogP contribution in [0.25, 0.3) is 0 Å². The van der Waals surface area contributed by atoms with E-state index in [-0.39, 0.29) is 5.70 Å². The first-order valence-corrected chi connectivity index (χ1v) is 6.15. The minimum atomic E-state index is -0.751. The van der Waals surface area contributed by atoms with Crippen molar-refractivity contribution < 1.29 is 19.1 Å². The number of nitriles is 1. The Bertz CT molecular complexity index is 605. The molecular weight excluding hydrogens is 328 g/mol. The fourth-order valence-corrected chi connectivity index (χ4v) is 1.66. The maximum atomic E-state index is 11.6. The maximum Gasteiger partial charge on any atom is 0.354 e. The maximum absolute atomic E-state index is 11.6. The molecule has 0 amide bonds. The summed E-state index contributed by atoms with van der Waals surface area (Å²) in [4.78, 5) is 22.8. The lowest BCUT2D eigenvalue weighted by molar-refractivity contribution is -0.138. The normalized spacial score (nSPS) is 10.4. The molecule has 1 rings (SSSR count). The molecule has 1 aromatic carbocycles. The van der Waals surface area contributed by atoms with Crippen molar-refractivity contribution in [3.8, 4) is 6.07 Å². The highest BCUT2D eigenvalue weighted by Gasteiger charge is 2.14. The van der Waals surface area contributed by atoms with Gasteiger partial charge in [0.05, 0.1) is 31.5 Å². The Hall–Kier alpha value is -2.33. The van der Waals surface area contributed by atoms with Crippen molar-refractivity contribution in [3.63, 3.8) is 0 Å². The number of rotatable bonds is 4. The van der Waals surface area contributed by atoms with Gasteiger partial charge in [-0.1, -0.05) is 15.9 Å². The van der Waals surface area contributed by atoms with Crippen molar-refractivity contribution >= 4 is 33.6 Å². The average Bonchev–Trinajstić information content (AvgIpc) is 2.45. The summed E-state index contributed by atoms with van der Waals surface area (Å²) in [5.74, 6) is -1.47. The van der Waals surface area contributed by atoms with Gasteiger partial charge in [0.25, 0.3) is 0 Å². The molecule has 1 aromatic rings. The number of benzene rings is 1. The Morgan fingerprint density at radius 3 is 2.60 bits per heavy atom. The van der Waals surface area contributed by atoms with Crippen molar-refractivity contribution in [1.29, 1.82) is 5.26 Å². The molecule has 104 valence electrons. The Labute approximate surface area is 124 Å². The van der Waals surface area contributed by atoms with E-state index in [0.717, 1.165) is 6.08 Å². The molecule has 0 radical (unpaired) electrons. The molecule has 6 nitrogen and oxygen atoms in total. The summed E-state index contributed by atoms with van der Waals surface area (Å²) in [5, 5.41) is 11.7. The third kappa shape index (κ3) is 4.10. The number of methoxy groups -OCH3 is 2. The van der Waals surface area contributed by atoms with E-state index in [1.54, 1.807) is 18.2 Å². The first-order valence-electron chi connectivity index (χ1n) is 5.36. The highest BCUT2D eigenvalue weighted by atomic mass is 79.9. The number of anilines is 1. The monoisotopic (exact) mass is 338 g/mol. The number of nitrogens with one attached hydrogen (secondary N) is 1. The predicted octanol–water partition coefficient (Wildman–Crippen LogP) is 1.96. The molecule has 7 heteroatoms. The number of hydrogen-bond acceptors (Lipinski definition) is 6. The molecule has 0 spiro atoms. The zero-order chi connectivity index (χ0) is 15.1. The van der Waals surface area contributed by atoms with Crippen LogP contribution in [0.1, 0.15) is 5.56 Å². The van der Waals surface area contributed by atoms with Crippen LogP contribution in [0.15, 0.2) is 34.4 Å². The molecule has 0 heterocycles. The van der Waals surface area contributed by atoms with Crippen LogP contribution in [0.4, 0.5) is 5.69 Å². The van der Waals surface area contributed by atoms with Gasteiger partial charge in [0, 0.05) is 4.47 Å². The number of halogens is 1. The highest BCUT2D eigenvalue weighted by molar-refractivity contribution is 9.10. The molecule has 0 fully saturated rings. The summed E-state index contributed by atoms with van der Waals surface area (Å²) in [6.45, 7) is 0. The summed E-state index contributed by atoms with van der Waals surface area (Å²) in [6.07, 6.45) is 0.952. The number of esters is 2. The molecule has 0 bridgehead atoms. The van der Waals surface area contributed by atoms with Crippen LogP contribution in [0.2, 0.25) is 0 Å². The van der Waals surface area contributed by atoms with Gasteiger partial charge >= 0.3 is 11.9 Å². The quantitative estimate of drug-likeness (QED) is 0.666. The fourth-order valence-electron chi connectivity index (χ4n) is 1.30. The molecular formula is C13H11BrN2O4. The van der Waals surface area contributed by atoms with Gasteiger partial charge in [0.15, 0.2) is 0 Å². The molecule has 0 aromatic heterocycles. The number of ether oxygens (including phenoxy) is 2. The molecule has 0 aliphatic carbocycles. The number of carbonyl (C=O) groups excluding carboxylic acids is 2. The van der Waals surface area contributed by atoms with Crippen LogP contribution < -0.4 is 5.32 Å². The van der Waals surface area contributed by atoms with Crippen molar-refractivity contribution in [3.05, 3.63) is 40.0 Å². The molecule has 0 unspecified atom stereocenters. The van der Waals surface area contributed by atoms with Gasteiger partial charge in [0.1, 0.15) is 11.8 Å². The van der Waals surface area contributed by atoms with Crippen LogP contribution in [-0.2, 0) is 19.1 Å². The number of hydrogen-bond donors (Lipinski definition) is 1. The van der Waals surface area contributed by atoms with E-state index >= 15 is 0 Å². The predicted molar refractivity (Wildman–Crippen MR) is 74.6 cm³/mol. The zero-order valence-corrected chi connectivity index (χ0v) is 12.4. The largest absolute Gasteiger partial charge is 0.466 e. The lowest BCUT2D eigenvalue weighted by atomic mass is 10.2. The van der Waals surface area contributed by atoms with Gasteiger partial charge in [-0.25, -0.2) is 9.59 Å². The van der Waals surface area contributed by atoms with E-state index in [4.69, 9.17) is 5.26 Å². The Balaban J connectivity index is 3.17. The summed E-state index contributed by atoms with van der Waals surface area (Å²) >= 11 is 3.26. The molecule has 0 atom stereocenters. The molecule has 20 heavy (non-hydrogen) atoms. The first kappa shape index (κ1) is 15.7. The molecule has 1 N–H and O–H groups in total. The number of carbonyl (C=O) groups is 2. The minimum Gasteiger partial charge on any atom is -0.466 e. The Morgan fingerprint density at radius 2 is 2.05 bits per heavy atom. The van der Waals surface area contributed by atoms with Crippen LogP contribution in [0.5, 0.6) is 0 Å². The topological polar surface area (TPSA) is 88.4 Å². The summed E-state index contributed by atoms with van der Waals surface area (Å²) < 4.78 is 9.73. The zero-order valence-electron chi connectivity index (χ0n) is 10.8. The minimum absolute atomic E-state index is 0.131. The second kappa shape index (κ2) is 7.31. The van der Waals surface area contributed by atoms with Gasteiger partial charge in [-0.3, -0.25) is 0 Å². The van der Waals surface area contributed by atoms with Crippen molar-refractivity contribution in [2.45, 2.75) is 0 Å². The lowest BCUT2D eigenvalue weighted by Gasteiger charge is -2.10. The van der Waals surface area contributed by atoms with Gasteiger partial charge in [0.2, 0.25) is 0 Å². The van der Waals surface area contributed by atoms with Crippen LogP contribution >= 0.6 is 15.9 Å². The van der Waals surface area contributed by atoms with E-state index in [0.29, 0.717) is 15.7 Å². The molecule has 0 aliphatic rings. The smallest absolute Gasteiger partial charge is 0.354 e. The van der Waals surface area contributed by atoms with Crippen LogP contribution in [0, 0.1) is 11.3 Å². The van der Waals surface area contributed by atoms with Crippen molar-refractivity contribution in [1.82, 2.24) is 0 Å². The van der Waals surface area contributed by atoms with Gasteiger partial charge in [-0.2, -0.15) is 5.26 Å². The van der Waals surface area contributed by atoms with Gasteiger partial charge in [-0.05, 0) is 18.2 Å². The molecule has 0 saturated heterocycles. The van der Waals surface area contributed by atoms with Crippen molar-refractivity contribution in [2.75, 3.05) is 19.5 Å². The van der Waals surface area contributed by atoms with Gasteiger partial charge in [-0.15, -0.1) is 0 Å². The van der Waals surface area contributed by atoms with E-state index < -0.39 is 11.9 Å². The molecule has 0 saturated carbocycles. The Morgan fingerprint density at radius 1 is 1.35 bits per heavy atom. The highest BCUT2D eigenvalue weighted by Crippen LogP contribution is 2.22. The second-order valence-electron chi connectivity index (χ2n) is 3.50. The van der Waals surface area contributed by atoms with Crippen LogP contribution in [0.3, 0.4) is 0 Å². The summed E-state index contributed by atoms with van der Waals surface area (Å²) in [6, 6.07) is 6.83. The fraction of sp³-hybridized carbons (Fsp3) is 0.154. The van der Waals surface area contributed by atoms with E-state index in [1.165, 1.54) is 14.2 Å². The van der Waals surface area contributed by atoms with E-state index in [2.05, 4.69) is 30.7 Å². The first-order chi connectivity index (χ1) is 9.51. The van der Waals surface area contributed by atoms with E-state index in [9.17, 15) is 9.59 Å². The average molecular weight is 339 g/mol. The third-order valence-corrected chi connectivity index (χ3v) is 2.73. The van der Waals surface area contributed by atoms with Crippen LogP contribution in [-0.4, -0.2) is 26.2 Å². The lowest BCUT2D eigenvalue weighted by Crippen LogP contribution is -2.16. The SMILES string of the molecule is COC(=O)/C=C(/Nc1cc(Br)ccc1C#N)C(=O)OC. The third-order valence-electron chi connectivity index (χ3n) is 2.24. The Kier molecular flexibility index (Phi) is 5.74.